The van der Waals surface area contributed by atoms with Crippen LogP contribution in [0.2, 0.25) is 0 Å². The number of nitrogens with one attached hydrogen (secondary N) is 1. The first kappa shape index (κ1) is 18.5. The van der Waals surface area contributed by atoms with Crippen LogP contribution < -0.4 is 5.32 Å². The van der Waals surface area contributed by atoms with E-state index in [9.17, 15) is 24.5 Å². The average molecular weight is 404 g/mol. The Morgan fingerprint density at radius 3 is 2.31 bits per heavy atom. The van der Waals surface area contributed by atoms with Crippen LogP contribution in [0.25, 0.3) is 6.08 Å². The summed E-state index contributed by atoms with van der Waals surface area (Å²) in [6.07, 6.45) is 2.67. The number of amides is 1. The number of benzene rings is 2. The summed E-state index contributed by atoms with van der Waals surface area (Å²) in [5, 5.41) is 13.3. The van der Waals surface area contributed by atoms with Crippen LogP contribution >= 0.6 is 11.3 Å². The molecule has 1 aliphatic carbocycles. The smallest absolute Gasteiger partial charge is 0.322 e. The first-order valence-corrected chi connectivity index (χ1v) is 9.32. The number of hydrogen-bond acceptors (Lipinski definition) is 6. The number of carbonyl (C=O) groups excluding carboxylic acids is 3. The molecule has 8 heteroatoms. The predicted molar refractivity (Wildman–Crippen MR) is 108 cm³/mol. The summed E-state index contributed by atoms with van der Waals surface area (Å²) in [4.78, 5) is 48.7. The van der Waals surface area contributed by atoms with Crippen LogP contribution in [0.4, 0.5) is 10.7 Å². The van der Waals surface area contributed by atoms with Crippen LogP contribution in [0.3, 0.4) is 0 Å². The van der Waals surface area contributed by atoms with Gasteiger partial charge in [-0.2, -0.15) is 0 Å². The molecule has 0 atom stereocenters. The van der Waals surface area contributed by atoms with Crippen molar-refractivity contribution in [2.24, 2.45) is 0 Å². The third-order valence-corrected chi connectivity index (χ3v) is 5.40. The van der Waals surface area contributed by atoms with Gasteiger partial charge < -0.3 is 5.32 Å². The molecular weight excluding hydrogens is 392 g/mol. The molecule has 4 rings (SSSR count). The molecule has 0 fully saturated rings. The van der Waals surface area contributed by atoms with Crippen LogP contribution in [0.1, 0.15) is 36.7 Å². The van der Waals surface area contributed by atoms with Gasteiger partial charge in [0.15, 0.2) is 11.6 Å². The van der Waals surface area contributed by atoms with E-state index in [-0.39, 0.29) is 33.4 Å². The third-order valence-electron chi connectivity index (χ3n) is 4.40. The number of nitro groups is 1. The van der Waals surface area contributed by atoms with Crippen molar-refractivity contribution < 1.29 is 19.3 Å². The van der Waals surface area contributed by atoms with Gasteiger partial charge in [-0.05, 0) is 18.2 Å². The summed E-state index contributed by atoms with van der Waals surface area (Å²) >= 11 is 0.940. The number of carbonyl (C=O) groups is 3. The van der Waals surface area contributed by atoms with Crippen LogP contribution in [0.15, 0.2) is 60.7 Å². The molecule has 142 valence electrons. The van der Waals surface area contributed by atoms with Gasteiger partial charge in [-0.25, -0.2) is 0 Å². The van der Waals surface area contributed by atoms with Gasteiger partial charge >= 0.3 is 5.00 Å². The first-order chi connectivity index (χ1) is 14.0. The molecule has 0 aliphatic heterocycles. The highest BCUT2D eigenvalue weighted by Gasteiger charge is 2.31. The van der Waals surface area contributed by atoms with Crippen molar-refractivity contribution in [1.29, 1.82) is 0 Å². The largest absolute Gasteiger partial charge is 0.324 e. The molecule has 7 nitrogen and oxygen atoms in total. The van der Waals surface area contributed by atoms with Gasteiger partial charge in [0.1, 0.15) is 0 Å². The van der Waals surface area contributed by atoms with Crippen molar-refractivity contribution in [3.05, 3.63) is 97.9 Å². The minimum absolute atomic E-state index is 0.0232. The van der Waals surface area contributed by atoms with Gasteiger partial charge in [0, 0.05) is 33.7 Å². The number of rotatable bonds is 4. The van der Waals surface area contributed by atoms with Crippen molar-refractivity contribution in [3.63, 3.8) is 0 Å². The highest BCUT2D eigenvalue weighted by Crippen LogP contribution is 2.32. The molecule has 0 saturated carbocycles. The van der Waals surface area contributed by atoms with Gasteiger partial charge in [-0.3, -0.25) is 24.5 Å². The maximum atomic E-state index is 12.9. The zero-order valence-electron chi connectivity index (χ0n) is 14.7. The summed E-state index contributed by atoms with van der Waals surface area (Å²) in [6.45, 7) is 0. The number of hydrogen-bond donors (Lipinski definition) is 1. The van der Waals surface area contributed by atoms with E-state index in [0.717, 1.165) is 11.3 Å². The SMILES string of the molecule is O=C(C=Cc1ccc([N+](=O)[O-])s1)Nc1cccc2c1C(=O)c1ccccc1C2=O. The summed E-state index contributed by atoms with van der Waals surface area (Å²) in [6, 6.07) is 14.2. The summed E-state index contributed by atoms with van der Waals surface area (Å²) in [7, 11) is 0. The molecule has 1 amide bonds. The molecule has 0 unspecified atom stereocenters. The van der Waals surface area contributed by atoms with E-state index < -0.39 is 10.8 Å². The lowest BCUT2D eigenvalue weighted by Gasteiger charge is -2.20. The van der Waals surface area contributed by atoms with Crippen LogP contribution in [-0.2, 0) is 4.79 Å². The fourth-order valence-electron chi connectivity index (χ4n) is 3.11. The third kappa shape index (κ3) is 3.37. The Morgan fingerprint density at radius 1 is 0.931 bits per heavy atom. The van der Waals surface area contributed by atoms with Gasteiger partial charge in [0.2, 0.25) is 5.91 Å². The van der Waals surface area contributed by atoms with Gasteiger partial charge in [-0.15, -0.1) is 0 Å². The zero-order valence-corrected chi connectivity index (χ0v) is 15.6. The molecule has 1 heterocycles. The molecule has 3 aromatic rings. The highest BCUT2D eigenvalue weighted by molar-refractivity contribution is 7.16. The maximum Gasteiger partial charge on any atom is 0.324 e. The molecule has 0 saturated heterocycles. The standard InChI is InChI=1S/C21H12N2O5S/c24-17(10-8-12-9-11-18(29-12)23(27)28)22-16-7-3-6-15-19(16)21(26)14-5-2-1-4-13(14)20(15)25/h1-11H,(H,22,24). The molecule has 29 heavy (non-hydrogen) atoms. The van der Waals surface area contributed by atoms with Gasteiger partial charge in [0.25, 0.3) is 0 Å². The molecular formula is C21H12N2O5S. The molecule has 0 bridgehead atoms. The molecule has 1 aliphatic rings. The molecule has 2 aromatic carbocycles. The fourth-order valence-corrected chi connectivity index (χ4v) is 3.84. The van der Waals surface area contributed by atoms with Gasteiger partial charge in [-0.1, -0.05) is 47.7 Å². The van der Waals surface area contributed by atoms with E-state index in [0.29, 0.717) is 16.0 Å². The monoisotopic (exact) mass is 404 g/mol. The van der Waals surface area contributed by atoms with E-state index in [2.05, 4.69) is 5.32 Å². The average Bonchev–Trinajstić information content (AvgIpc) is 3.20. The predicted octanol–water partition coefficient (Wildman–Crippen LogP) is 4.08. The number of thiophene rings is 1. The molecule has 1 N–H and O–H groups in total. The van der Waals surface area contributed by atoms with Crippen molar-refractivity contribution >= 4 is 45.6 Å². The molecule has 1 aromatic heterocycles. The zero-order chi connectivity index (χ0) is 20.5. The Bertz CT molecular complexity index is 1230. The minimum Gasteiger partial charge on any atom is -0.322 e. The van der Waals surface area contributed by atoms with Crippen molar-refractivity contribution in [2.45, 2.75) is 0 Å². The normalized spacial score (nSPS) is 12.6. The minimum atomic E-state index is -0.520. The van der Waals surface area contributed by atoms with Crippen molar-refractivity contribution in [3.8, 4) is 0 Å². The Morgan fingerprint density at radius 2 is 1.62 bits per heavy atom. The number of ketones is 2. The summed E-state index contributed by atoms with van der Waals surface area (Å²) in [5.41, 5.74) is 1.28. The van der Waals surface area contributed by atoms with Crippen LogP contribution in [-0.4, -0.2) is 22.4 Å². The van der Waals surface area contributed by atoms with Gasteiger partial charge in [0.05, 0.1) is 16.2 Å². The number of anilines is 1. The Balaban J connectivity index is 1.61. The second-order valence-electron chi connectivity index (χ2n) is 6.19. The lowest BCUT2D eigenvalue weighted by molar-refractivity contribution is -0.380. The van der Waals surface area contributed by atoms with Crippen LogP contribution in [0.5, 0.6) is 0 Å². The topological polar surface area (TPSA) is 106 Å². The molecule has 0 spiro atoms. The summed E-state index contributed by atoms with van der Waals surface area (Å²) < 4.78 is 0. The first-order valence-electron chi connectivity index (χ1n) is 8.50. The van der Waals surface area contributed by atoms with Crippen LogP contribution in [0, 0.1) is 10.1 Å². The van der Waals surface area contributed by atoms with E-state index in [1.54, 1.807) is 42.5 Å². The fraction of sp³-hybridized carbons (Fsp3) is 0. The number of nitrogens with zero attached hydrogens (tertiary/aromatic N) is 1. The Labute approximate surface area is 168 Å². The lowest BCUT2D eigenvalue weighted by atomic mass is 9.83. The van der Waals surface area contributed by atoms with E-state index in [4.69, 9.17) is 0 Å². The maximum absolute atomic E-state index is 12.9. The quantitative estimate of drug-likeness (QED) is 0.313. The molecule has 0 radical (unpaired) electrons. The summed E-state index contributed by atoms with van der Waals surface area (Å²) in [5.74, 6) is -1.12. The highest BCUT2D eigenvalue weighted by atomic mass is 32.1. The second-order valence-corrected chi connectivity index (χ2v) is 7.28. The van der Waals surface area contributed by atoms with E-state index in [1.165, 1.54) is 24.3 Å². The number of fused-ring (bicyclic) bond motifs is 2. The van der Waals surface area contributed by atoms with Crippen molar-refractivity contribution in [1.82, 2.24) is 0 Å². The Kier molecular flexibility index (Phi) is 4.61. The van der Waals surface area contributed by atoms with Crippen molar-refractivity contribution in [2.75, 3.05) is 5.32 Å². The second kappa shape index (κ2) is 7.25. The van der Waals surface area contributed by atoms with E-state index >= 15 is 0 Å². The lowest BCUT2D eigenvalue weighted by Crippen LogP contribution is -2.23. The van der Waals surface area contributed by atoms with E-state index in [1.807, 2.05) is 0 Å². The Hall–Kier alpha value is -3.91.